The lowest BCUT2D eigenvalue weighted by molar-refractivity contribution is -0.120. The highest BCUT2D eigenvalue weighted by Crippen LogP contribution is 2.20. The van der Waals surface area contributed by atoms with Gasteiger partial charge in [0.25, 0.3) is 5.91 Å². The SMILES string of the molecule is CCCNC(=O)c1cccc(NC(=O)C(C)(N)c2ccccc2)c1.Cl. The number of anilines is 1. The third kappa shape index (κ3) is 5.31. The van der Waals surface area contributed by atoms with E-state index in [4.69, 9.17) is 5.73 Å². The largest absolute Gasteiger partial charge is 0.352 e. The average molecular weight is 362 g/mol. The predicted molar refractivity (Wildman–Crippen MR) is 103 cm³/mol. The van der Waals surface area contributed by atoms with Crippen LogP contribution in [0, 0.1) is 0 Å². The fraction of sp³-hybridized carbons (Fsp3) is 0.263. The van der Waals surface area contributed by atoms with Crippen molar-refractivity contribution in [2.45, 2.75) is 25.8 Å². The van der Waals surface area contributed by atoms with Crippen molar-refractivity contribution in [2.24, 2.45) is 5.73 Å². The lowest BCUT2D eigenvalue weighted by Gasteiger charge is -2.24. The fourth-order valence-electron chi connectivity index (χ4n) is 2.26. The summed E-state index contributed by atoms with van der Waals surface area (Å²) >= 11 is 0. The van der Waals surface area contributed by atoms with E-state index >= 15 is 0 Å². The molecule has 2 rings (SSSR count). The number of nitrogens with two attached hydrogens (primary N) is 1. The molecule has 2 amide bonds. The molecule has 4 N–H and O–H groups in total. The van der Waals surface area contributed by atoms with Crippen LogP contribution in [0.3, 0.4) is 0 Å². The van der Waals surface area contributed by atoms with E-state index in [2.05, 4.69) is 10.6 Å². The second-order valence-corrected chi connectivity index (χ2v) is 5.86. The maximum Gasteiger partial charge on any atom is 0.251 e. The zero-order valence-electron chi connectivity index (χ0n) is 14.4. The molecule has 0 fully saturated rings. The number of rotatable bonds is 6. The molecular weight excluding hydrogens is 338 g/mol. The number of nitrogens with one attached hydrogen (secondary N) is 2. The third-order valence-electron chi connectivity index (χ3n) is 3.76. The minimum absolute atomic E-state index is 0. The molecule has 134 valence electrons. The summed E-state index contributed by atoms with van der Waals surface area (Å²) in [5, 5.41) is 5.60. The van der Waals surface area contributed by atoms with Crippen molar-refractivity contribution in [1.29, 1.82) is 0 Å². The summed E-state index contributed by atoms with van der Waals surface area (Å²) in [5.74, 6) is -0.494. The molecule has 0 saturated carbocycles. The van der Waals surface area contributed by atoms with E-state index in [-0.39, 0.29) is 24.2 Å². The minimum Gasteiger partial charge on any atom is -0.352 e. The summed E-state index contributed by atoms with van der Waals surface area (Å²) < 4.78 is 0. The zero-order valence-corrected chi connectivity index (χ0v) is 15.2. The Labute approximate surface area is 154 Å². The highest BCUT2D eigenvalue weighted by atomic mass is 35.5. The summed E-state index contributed by atoms with van der Waals surface area (Å²) in [6.45, 7) is 4.27. The second kappa shape index (κ2) is 9.20. The molecule has 0 aliphatic heterocycles. The Bertz CT molecular complexity index is 718. The molecule has 0 spiro atoms. The van der Waals surface area contributed by atoms with Gasteiger partial charge in [-0.25, -0.2) is 0 Å². The Balaban J connectivity index is 0.00000312. The molecule has 0 aliphatic rings. The first kappa shape index (κ1) is 20.7. The average Bonchev–Trinajstić information content (AvgIpc) is 2.60. The van der Waals surface area contributed by atoms with Crippen molar-refractivity contribution in [2.75, 3.05) is 11.9 Å². The van der Waals surface area contributed by atoms with E-state index in [0.29, 0.717) is 17.8 Å². The predicted octanol–water partition coefficient (Wildman–Crippen LogP) is 3.06. The number of amides is 2. The molecule has 2 aromatic rings. The molecule has 0 aromatic heterocycles. The Morgan fingerprint density at radius 1 is 1.08 bits per heavy atom. The van der Waals surface area contributed by atoms with Crippen LogP contribution in [-0.2, 0) is 10.3 Å². The van der Waals surface area contributed by atoms with Crippen LogP contribution in [0.5, 0.6) is 0 Å². The van der Waals surface area contributed by atoms with Crippen molar-refractivity contribution in [3.8, 4) is 0 Å². The van der Waals surface area contributed by atoms with Gasteiger partial charge in [-0.1, -0.05) is 43.3 Å². The van der Waals surface area contributed by atoms with Crippen molar-refractivity contribution in [3.63, 3.8) is 0 Å². The van der Waals surface area contributed by atoms with E-state index in [1.807, 2.05) is 37.3 Å². The first-order chi connectivity index (χ1) is 11.4. The van der Waals surface area contributed by atoms with E-state index in [9.17, 15) is 9.59 Å². The van der Waals surface area contributed by atoms with Crippen molar-refractivity contribution >= 4 is 29.9 Å². The van der Waals surface area contributed by atoms with Crippen molar-refractivity contribution < 1.29 is 9.59 Å². The molecule has 0 heterocycles. The van der Waals surface area contributed by atoms with Gasteiger partial charge in [-0.05, 0) is 37.1 Å². The van der Waals surface area contributed by atoms with Gasteiger partial charge in [0.05, 0.1) is 0 Å². The van der Waals surface area contributed by atoms with Crippen LogP contribution < -0.4 is 16.4 Å². The van der Waals surface area contributed by atoms with Gasteiger partial charge in [0.2, 0.25) is 5.91 Å². The molecular formula is C19H24ClN3O2. The van der Waals surface area contributed by atoms with Gasteiger partial charge in [-0.15, -0.1) is 12.4 Å². The smallest absolute Gasteiger partial charge is 0.251 e. The van der Waals surface area contributed by atoms with Gasteiger partial charge < -0.3 is 16.4 Å². The Morgan fingerprint density at radius 2 is 1.76 bits per heavy atom. The third-order valence-corrected chi connectivity index (χ3v) is 3.76. The van der Waals surface area contributed by atoms with Crippen LogP contribution in [0.4, 0.5) is 5.69 Å². The van der Waals surface area contributed by atoms with Crippen LogP contribution in [0.15, 0.2) is 54.6 Å². The van der Waals surface area contributed by atoms with Gasteiger partial charge in [-0.2, -0.15) is 0 Å². The number of benzene rings is 2. The molecule has 2 aromatic carbocycles. The zero-order chi connectivity index (χ0) is 17.6. The van der Waals surface area contributed by atoms with E-state index in [1.54, 1.807) is 31.2 Å². The van der Waals surface area contributed by atoms with Crippen LogP contribution in [0.25, 0.3) is 0 Å². The first-order valence-electron chi connectivity index (χ1n) is 7.99. The van der Waals surface area contributed by atoms with Gasteiger partial charge in [0, 0.05) is 17.8 Å². The summed E-state index contributed by atoms with van der Waals surface area (Å²) in [6.07, 6.45) is 0.866. The number of carbonyl (C=O) groups excluding carboxylic acids is 2. The molecule has 6 heteroatoms. The van der Waals surface area contributed by atoms with Gasteiger partial charge in [0.1, 0.15) is 5.54 Å². The van der Waals surface area contributed by atoms with Crippen molar-refractivity contribution in [1.82, 2.24) is 5.32 Å². The number of hydrogen-bond donors (Lipinski definition) is 3. The molecule has 0 bridgehead atoms. The number of hydrogen-bond acceptors (Lipinski definition) is 3. The number of carbonyl (C=O) groups is 2. The van der Waals surface area contributed by atoms with E-state index in [1.165, 1.54) is 0 Å². The van der Waals surface area contributed by atoms with Gasteiger partial charge >= 0.3 is 0 Å². The Morgan fingerprint density at radius 3 is 2.40 bits per heavy atom. The lowest BCUT2D eigenvalue weighted by atomic mass is 9.92. The highest BCUT2D eigenvalue weighted by molar-refractivity contribution is 6.00. The van der Waals surface area contributed by atoms with Crippen LogP contribution in [-0.4, -0.2) is 18.4 Å². The first-order valence-corrected chi connectivity index (χ1v) is 7.99. The van der Waals surface area contributed by atoms with Gasteiger partial charge in [0.15, 0.2) is 0 Å². The lowest BCUT2D eigenvalue weighted by Crippen LogP contribution is -2.45. The molecule has 25 heavy (non-hydrogen) atoms. The maximum atomic E-state index is 12.6. The summed E-state index contributed by atoms with van der Waals surface area (Å²) in [5.41, 5.74) is 6.80. The molecule has 5 nitrogen and oxygen atoms in total. The molecule has 0 radical (unpaired) electrons. The molecule has 0 aliphatic carbocycles. The van der Waals surface area contributed by atoms with Gasteiger partial charge in [-0.3, -0.25) is 9.59 Å². The quantitative estimate of drug-likeness (QED) is 0.739. The summed E-state index contributed by atoms with van der Waals surface area (Å²) in [6, 6.07) is 16.0. The fourth-order valence-corrected chi connectivity index (χ4v) is 2.26. The van der Waals surface area contributed by atoms with E-state index < -0.39 is 5.54 Å². The normalized spacial score (nSPS) is 12.4. The topological polar surface area (TPSA) is 84.2 Å². The van der Waals surface area contributed by atoms with E-state index in [0.717, 1.165) is 12.0 Å². The Hall–Kier alpha value is -2.37. The summed E-state index contributed by atoms with van der Waals surface area (Å²) in [7, 11) is 0. The number of halogens is 1. The van der Waals surface area contributed by atoms with Crippen molar-refractivity contribution in [3.05, 3.63) is 65.7 Å². The molecule has 1 atom stereocenters. The van der Waals surface area contributed by atoms with Crippen LogP contribution in [0.1, 0.15) is 36.2 Å². The van der Waals surface area contributed by atoms with Crippen LogP contribution in [0.2, 0.25) is 0 Å². The second-order valence-electron chi connectivity index (χ2n) is 5.86. The Kier molecular flexibility index (Phi) is 7.61. The standard InChI is InChI=1S/C19H23N3O2.ClH/c1-3-12-21-17(23)14-8-7-11-16(13-14)22-18(24)19(2,20)15-9-5-4-6-10-15;/h4-11,13H,3,12,20H2,1-2H3,(H,21,23)(H,22,24);1H. The maximum absolute atomic E-state index is 12.6. The van der Waals surface area contributed by atoms with Crippen LogP contribution >= 0.6 is 12.4 Å². The monoisotopic (exact) mass is 361 g/mol. The summed E-state index contributed by atoms with van der Waals surface area (Å²) in [4.78, 5) is 24.6. The highest BCUT2D eigenvalue weighted by Gasteiger charge is 2.30. The molecule has 0 saturated heterocycles. The molecule has 1 unspecified atom stereocenters. The minimum atomic E-state index is -1.16.